The number of carboxylic acid groups (broad SMARTS) is 1. The molecular formula is C28H26ClFN2O4. The molecule has 3 aromatic carbocycles. The summed E-state index contributed by atoms with van der Waals surface area (Å²) < 4.78 is 21.3. The van der Waals surface area contributed by atoms with Crippen LogP contribution in [-0.4, -0.2) is 32.1 Å². The third-order valence-corrected chi connectivity index (χ3v) is 5.97. The van der Waals surface area contributed by atoms with Gasteiger partial charge in [0, 0.05) is 16.1 Å². The van der Waals surface area contributed by atoms with Crippen LogP contribution in [0.15, 0.2) is 72.8 Å². The van der Waals surface area contributed by atoms with E-state index in [0.29, 0.717) is 39.7 Å². The fourth-order valence-electron chi connectivity index (χ4n) is 3.84. The molecule has 0 saturated carbocycles. The Morgan fingerprint density at radius 2 is 1.86 bits per heavy atom. The predicted molar refractivity (Wildman–Crippen MR) is 136 cm³/mol. The highest BCUT2D eigenvalue weighted by Crippen LogP contribution is 2.34. The highest BCUT2D eigenvalue weighted by atomic mass is 35.5. The van der Waals surface area contributed by atoms with Crippen LogP contribution in [0, 0.1) is 5.82 Å². The van der Waals surface area contributed by atoms with Gasteiger partial charge in [0.05, 0.1) is 30.5 Å². The smallest absolute Gasteiger partial charge is 0.307 e. The molecule has 1 atom stereocenters. The van der Waals surface area contributed by atoms with Crippen molar-refractivity contribution in [1.82, 2.24) is 9.78 Å². The summed E-state index contributed by atoms with van der Waals surface area (Å²) in [5, 5.41) is 24.9. The van der Waals surface area contributed by atoms with Gasteiger partial charge in [-0.25, -0.2) is 4.39 Å². The molecule has 186 valence electrons. The molecule has 0 aliphatic carbocycles. The van der Waals surface area contributed by atoms with Crippen LogP contribution in [0.1, 0.15) is 24.5 Å². The third kappa shape index (κ3) is 6.30. The highest BCUT2D eigenvalue weighted by molar-refractivity contribution is 6.30. The van der Waals surface area contributed by atoms with Crippen molar-refractivity contribution in [2.75, 3.05) is 0 Å². The minimum Gasteiger partial charge on any atom is -0.488 e. The second-order valence-electron chi connectivity index (χ2n) is 8.49. The van der Waals surface area contributed by atoms with Gasteiger partial charge < -0.3 is 14.9 Å². The number of benzene rings is 3. The summed E-state index contributed by atoms with van der Waals surface area (Å²) in [6.45, 7) is 2.38. The molecule has 0 saturated heterocycles. The summed E-state index contributed by atoms with van der Waals surface area (Å²) in [5.41, 5.74) is 4.07. The number of aliphatic carboxylic acids is 1. The number of halogens is 2. The van der Waals surface area contributed by atoms with E-state index in [0.717, 1.165) is 11.1 Å². The Morgan fingerprint density at radius 1 is 1.08 bits per heavy atom. The largest absolute Gasteiger partial charge is 0.488 e. The maximum atomic E-state index is 13.6. The number of carboxylic acids is 1. The fourth-order valence-corrected chi connectivity index (χ4v) is 4.06. The summed E-state index contributed by atoms with van der Waals surface area (Å²) in [6, 6.07) is 20.4. The molecule has 0 fully saturated rings. The zero-order valence-corrected chi connectivity index (χ0v) is 20.5. The number of aliphatic hydroxyl groups excluding tert-OH is 1. The lowest BCUT2D eigenvalue weighted by Gasteiger charge is -2.13. The standard InChI is InChI=1S/C28H26ClFN2O4/c1-2-23(33)16-32-26(20-7-9-22(30)10-8-20)15-25(31-32)24-13-18(14-28(34)35)6-11-27(24)36-17-19-4-3-5-21(29)12-19/h3-13,15,23,33H,2,14,16-17H2,1H3,(H,34,35)/t23-/m1/s1. The number of aliphatic hydroxyl groups is 1. The number of rotatable bonds is 10. The Bertz CT molecular complexity index is 1350. The molecule has 0 bridgehead atoms. The van der Waals surface area contributed by atoms with Crippen LogP contribution in [0.4, 0.5) is 4.39 Å². The van der Waals surface area contributed by atoms with Gasteiger partial charge in [0.15, 0.2) is 0 Å². The molecule has 1 aromatic heterocycles. The molecule has 8 heteroatoms. The van der Waals surface area contributed by atoms with Crippen LogP contribution in [0.3, 0.4) is 0 Å². The van der Waals surface area contributed by atoms with Gasteiger partial charge in [-0.1, -0.05) is 36.7 Å². The Hall–Kier alpha value is -3.68. The molecule has 4 rings (SSSR count). The van der Waals surface area contributed by atoms with Crippen LogP contribution < -0.4 is 4.74 Å². The monoisotopic (exact) mass is 508 g/mol. The molecule has 36 heavy (non-hydrogen) atoms. The molecule has 0 aliphatic rings. The second-order valence-corrected chi connectivity index (χ2v) is 8.92. The van der Waals surface area contributed by atoms with Crippen molar-refractivity contribution < 1.29 is 24.1 Å². The summed E-state index contributed by atoms with van der Waals surface area (Å²) in [6.07, 6.45) is -0.226. The van der Waals surface area contributed by atoms with Crippen LogP contribution in [0.25, 0.3) is 22.5 Å². The average Bonchev–Trinajstić information content (AvgIpc) is 3.26. The van der Waals surface area contributed by atoms with Gasteiger partial charge in [0.2, 0.25) is 0 Å². The first-order chi connectivity index (χ1) is 17.3. The fraction of sp³-hybridized carbons (Fsp3) is 0.214. The summed E-state index contributed by atoms with van der Waals surface area (Å²) in [7, 11) is 0. The molecule has 0 spiro atoms. The summed E-state index contributed by atoms with van der Waals surface area (Å²) in [4.78, 5) is 11.3. The molecule has 0 unspecified atom stereocenters. The Balaban J connectivity index is 1.77. The van der Waals surface area contributed by atoms with E-state index in [1.807, 2.05) is 31.2 Å². The zero-order valence-electron chi connectivity index (χ0n) is 19.7. The lowest BCUT2D eigenvalue weighted by atomic mass is 10.0. The van der Waals surface area contributed by atoms with Crippen molar-refractivity contribution in [1.29, 1.82) is 0 Å². The molecule has 4 aromatic rings. The van der Waals surface area contributed by atoms with E-state index in [9.17, 15) is 19.4 Å². The number of aromatic nitrogens is 2. The molecule has 2 N–H and O–H groups in total. The van der Waals surface area contributed by atoms with Crippen LogP contribution in [0.2, 0.25) is 5.02 Å². The van der Waals surface area contributed by atoms with E-state index >= 15 is 0 Å². The van der Waals surface area contributed by atoms with Crippen molar-refractivity contribution in [2.24, 2.45) is 0 Å². The van der Waals surface area contributed by atoms with E-state index in [4.69, 9.17) is 21.4 Å². The normalized spacial score (nSPS) is 11.9. The van der Waals surface area contributed by atoms with E-state index in [1.54, 1.807) is 41.1 Å². The summed E-state index contributed by atoms with van der Waals surface area (Å²) in [5.74, 6) is -0.774. The molecule has 0 aliphatic heterocycles. The first-order valence-electron chi connectivity index (χ1n) is 11.6. The minimum absolute atomic E-state index is 0.151. The van der Waals surface area contributed by atoms with Crippen LogP contribution >= 0.6 is 11.6 Å². The predicted octanol–water partition coefficient (Wildman–Crippen LogP) is 5.99. The number of ether oxygens (including phenoxy) is 1. The summed E-state index contributed by atoms with van der Waals surface area (Å²) >= 11 is 6.10. The zero-order chi connectivity index (χ0) is 25.7. The Labute approximate surface area is 213 Å². The SMILES string of the molecule is CC[C@@H](O)Cn1nc(-c2cc(CC(=O)O)ccc2OCc2cccc(Cl)c2)cc1-c1ccc(F)cc1. The van der Waals surface area contributed by atoms with Gasteiger partial charge in [-0.05, 0) is 72.1 Å². The first-order valence-corrected chi connectivity index (χ1v) is 11.9. The first kappa shape index (κ1) is 25.4. The lowest BCUT2D eigenvalue weighted by Crippen LogP contribution is -2.16. The van der Waals surface area contributed by atoms with Gasteiger partial charge in [0.1, 0.15) is 18.2 Å². The average molecular weight is 509 g/mol. The molecule has 0 amide bonds. The molecule has 0 radical (unpaired) electrons. The number of hydrogen-bond acceptors (Lipinski definition) is 4. The van der Waals surface area contributed by atoms with Crippen LogP contribution in [-0.2, 0) is 24.4 Å². The highest BCUT2D eigenvalue weighted by Gasteiger charge is 2.18. The van der Waals surface area contributed by atoms with Gasteiger partial charge in [-0.15, -0.1) is 0 Å². The third-order valence-electron chi connectivity index (χ3n) is 5.73. The van der Waals surface area contributed by atoms with Gasteiger partial charge in [-0.3, -0.25) is 9.48 Å². The van der Waals surface area contributed by atoms with Crippen molar-refractivity contribution in [3.05, 3.63) is 94.8 Å². The van der Waals surface area contributed by atoms with Crippen LogP contribution in [0.5, 0.6) is 5.75 Å². The molecular weight excluding hydrogens is 483 g/mol. The quantitative estimate of drug-likeness (QED) is 0.275. The van der Waals surface area contributed by atoms with E-state index in [-0.39, 0.29) is 25.4 Å². The molecule has 1 heterocycles. The van der Waals surface area contributed by atoms with Crippen molar-refractivity contribution in [3.63, 3.8) is 0 Å². The number of hydrogen-bond donors (Lipinski definition) is 2. The van der Waals surface area contributed by atoms with E-state index in [2.05, 4.69) is 0 Å². The maximum absolute atomic E-state index is 13.6. The Morgan fingerprint density at radius 3 is 2.56 bits per heavy atom. The number of carbonyl (C=O) groups is 1. The number of nitrogens with zero attached hydrogens (tertiary/aromatic N) is 2. The van der Waals surface area contributed by atoms with Crippen molar-refractivity contribution in [3.8, 4) is 28.3 Å². The van der Waals surface area contributed by atoms with Crippen molar-refractivity contribution >= 4 is 17.6 Å². The lowest BCUT2D eigenvalue weighted by molar-refractivity contribution is -0.136. The van der Waals surface area contributed by atoms with Gasteiger partial charge in [0.25, 0.3) is 0 Å². The van der Waals surface area contributed by atoms with Gasteiger partial charge in [-0.2, -0.15) is 5.10 Å². The van der Waals surface area contributed by atoms with Crippen molar-refractivity contribution in [2.45, 2.75) is 39.0 Å². The van der Waals surface area contributed by atoms with E-state index < -0.39 is 12.1 Å². The van der Waals surface area contributed by atoms with Gasteiger partial charge >= 0.3 is 5.97 Å². The maximum Gasteiger partial charge on any atom is 0.307 e. The molecule has 6 nitrogen and oxygen atoms in total. The second kappa shape index (κ2) is 11.4. The topological polar surface area (TPSA) is 84.6 Å². The minimum atomic E-state index is -0.947. The Kier molecular flexibility index (Phi) is 8.03. The van der Waals surface area contributed by atoms with E-state index in [1.165, 1.54) is 12.1 Å².